The van der Waals surface area contributed by atoms with Crippen LogP contribution in [0.5, 0.6) is 5.75 Å². The average Bonchev–Trinajstić information content (AvgIpc) is 3.06. The molecule has 2 aromatic rings. The van der Waals surface area contributed by atoms with Gasteiger partial charge in [0.25, 0.3) is 5.91 Å². The van der Waals surface area contributed by atoms with Crippen molar-refractivity contribution in [2.24, 2.45) is 5.92 Å². The number of hydrogen-bond acceptors (Lipinski definition) is 6. The normalized spacial score (nSPS) is 22.3. The third kappa shape index (κ3) is 11.0. The Balaban J connectivity index is 1.56. The number of benzene rings is 2. The standard InChI is InChI=1S/C37H54N4O6/c1-26-23-41(27(2)25-42)36(44)32-22-31(39-37(45)38-30-16-9-6-10-17-30)18-19-33(32)47-28(3)13-11-12-20-46-34(26)24-40(4)35(43)21-29-14-7-5-8-15-29/h5,7-8,14-15,18-19,22,26-28,30,34,42H,6,9-13,16-17,20-21,23-25H2,1-4H3,(H2,38,39,45)/t26-,27+,28-,34-/m1/s1. The molecule has 0 saturated heterocycles. The van der Waals surface area contributed by atoms with Gasteiger partial charge in [0.1, 0.15) is 5.75 Å². The third-order valence-electron chi connectivity index (χ3n) is 9.33. The second-order valence-corrected chi connectivity index (χ2v) is 13.4. The number of amides is 4. The van der Waals surface area contributed by atoms with Gasteiger partial charge in [0.15, 0.2) is 0 Å². The molecule has 1 fully saturated rings. The quantitative estimate of drug-likeness (QED) is 0.340. The molecular weight excluding hydrogens is 596 g/mol. The Morgan fingerprint density at radius 3 is 2.47 bits per heavy atom. The number of carbonyl (C=O) groups is 3. The number of nitrogens with zero attached hydrogens (tertiary/aromatic N) is 2. The summed E-state index contributed by atoms with van der Waals surface area (Å²) < 4.78 is 12.7. The fraction of sp³-hybridized carbons (Fsp3) is 0.595. The van der Waals surface area contributed by atoms with Crippen LogP contribution in [0.15, 0.2) is 48.5 Å². The highest BCUT2D eigenvalue weighted by Gasteiger charge is 2.31. The zero-order chi connectivity index (χ0) is 33.8. The topological polar surface area (TPSA) is 120 Å². The number of urea groups is 1. The van der Waals surface area contributed by atoms with Gasteiger partial charge in [-0.05, 0) is 69.7 Å². The van der Waals surface area contributed by atoms with Gasteiger partial charge in [0, 0.05) is 44.4 Å². The van der Waals surface area contributed by atoms with Crippen molar-refractivity contribution in [1.82, 2.24) is 15.1 Å². The molecule has 1 aliphatic carbocycles. The minimum atomic E-state index is -0.493. The van der Waals surface area contributed by atoms with Crippen LogP contribution in [0.3, 0.4) is 0 Å². The number of rotatable bonds is 8. The largest absolute Gasteiger partial charge is 0.490 e. The van der Waals surface area contributed by atoms with Gasteiger partial charge in [-0.3, -0.25) is 9.59 Å². The fourth-order valence-corrected chi connectivity index (χ4v) is 6.34. The fourth-order valence-electron chi connectivity index (χ4n) is 6.34. The molecule has 1 heterocycles. The maximum Gasteiger partial charge on any atom is 0.319 e. The second kappa shape index (κ2) is 18.1. The number of aliphatic hydroxyl groups excluding tert-OH is 1. The smallest absolute Gasteiger partial charge is 0.319 e. The summed E-state index contributed by atoms with van der Waals surface area (Å²) in [5.41, 5.74) is 1.77. The van der Waals surface area contributed by atoms with Gasteiger partial charge in [-0.1, -0.05) is 56.5 Å². The lowest BCUT2D eigenvalue weighted by molar-refractivity contribution is -0.131. The number of hydrogen-bond donors (Lipinski definition) is 3. The molecular formula is C37H54N4O6. The van der Waals surface area contributed by atoms with Crippen molar-refractivity contribution >= 4 is 23.5 Å². The van der Waals surface area contributed by atoms with E-state index < -0.39 is 6.04 Å². The molecule has 1 aliphatic heterocycles. The lowest BCUT2D eigenvalue weighted by atomic mass is 9.96. The van der Waals surface area contributed by atoms with E-state index in [1.807, 2.05) is 51.1 Å². The summed E-state index contributed by atoms with van der Waals surface area (Å²) in [7, 11) is 1.79. The lowest BCUT2D eigenvalue weighted by Crippen LogP contribution is -2.48. The summed E-state index contributed by atoms with van der Waals surface area (Å²) in [5, 5.41) is 16.2. The minimum absolute atomic E-state index is 0.00415. The van der Waals surface area contributed by atoms with Crippen LogP contribution in [0.1, 0.15) is 88.1 Å². The van der Waals surface area contributed by atoms with Crippen LogP contribution < -0.4 is 15.4 Å². The van der Waals surface area contributed by atoms with Crippen LogP contribution >= 0.6 is 0 Å². The highest BCUT2D eigenvalue weighted by molar-refractivity contribution is 5.99. The molecule has 4 rings (SSSR count). The zero-order valence-corrected chi connectivity index (χ0v) is 28.6. The van der Waals surface area contributed by atoms with Crippen LogP contribution in [0.2, 0.25) is 0 Å². The van der Waals surface area contributed by atoms with Crippen LogP contribution in [-0.4, -0.2) is 90.4 Å². The number of nitrogens with one attached hydrogen (secondary N) is 2. The number of aliphatic hydroxyl groups is 1. The van der Waals surface area contributed by atoms with Crippen molar-refractivity contribution in [3.8, 4) is 5.75 Å². The maximum absolute atomic E-state index is 14.4. The van der Waals surface area contributed by atoms with E-state index in [2.05, 4.69) is 10.6 Å². The van der Waals surface area contributed by atoms with Crippen molar-refractivity contribution in [1.29, 1.82) is 0 Å². The molecule has 2 aromatic carbocycles. The molecule has 10 nitrogen and oxygen atoms in total. The highest BCUT2D eigenvalue weighted by atomic mass is 16.5. The third-order valence-corrected chi connectivity index (χ3v) is 9.33. The summed E-state index contributed by atoms with van der Waals surface area (Å²) in [5.74, 6) is -0.0230. The molecule has 1 saturated carbocycles. The molecule has 0 unspecified atom stereocenters. The van der Waals surface area contributed by atoms with Crippen molar-refractivity contribution in [3.63, 3.8) is 0 Å². The summed E-state index contributed by atoms with van der Waals surface area (Å²) in [6, 6.07) is 14.2. The van der Waals surface area contributed by atoms with Gasteiger partial charge in [0.05, 0.1) is 36.8 Å². The summed E-state index contributed by atoms with van der Waals surface area (Å²) in [6.07, 6.45) is 7.65. The van der Waals surface area contributed by atoms with Crippen LogP contribution in [0.25, 0.3) is 0 Å². The second-order valence-electron chi connectivity index (χ2n) is 13.4. The predicted octanol–water partition coefficient (Wildman–Crippen LogP) is 5.64. The maximum atomic E-state index is 14.4. The first-order valence-corrected chi connectivity index (χ1v) is 17.3. The van der Waals surface area contributed by atoms with Crippen LogP contribution in [0.4, 0.5) is 10.5 Å². The zero-order valence-electron chi connectivity index (χ0n) is 28.6. The predicted molar refractivity (Wildman–Crippen MR) is 184 cm³/mol. The lowest BCUT2D eigenvalue weighted by Gasteiger charge is -2.36. The summed E-state index contributed by atoms with van der Waals surface area (Å²) >= 11 is 0. The molecule has 47 heavy (non-hydrogen) atoms. The van der Waals surface area contributed by atoms with E-state index in [-0.39, 0.29) is 48.6 Å². The SMILES string of the molecule is C[C@@H]1CCCCO[C@H](CN(C)C(=O)Cc2ccccc2)[C@H](C)CN([C@@H](C)CO)C(=O)c2cc(NC(=O)NC3CCCCC3)ccc2O1. The molecule has 3 N–H and O–H groups in total. The van der Waals surface area contributed by atoms with Gasteiger partial charge in [-0.15, -0.1) is 0 Å². The molecule has 258 valence electrons. The molecule has 0 spiro atoms. The number of fused-ring (bicyclic) bond motifs is 1. The first-order chi connectivity index (χ1) is 22.6. The summed E-state index contributed by atoms with van der Waals surface area (Å²) in [6.45, 7) is 6.78. The average molecular weight is 651 g/mol. The minimum Gasteiger partial charge on any atom is -0.490 e. The van der Waals surface area contributed by atoms with Gasteiger partial charge in [-0.25, -0.2) is 4.79 Å². The van der Waals surface area contributed by atoms with Gasteiger partial charge in [-0.2, -0.15) is 0 Å². The van der Waals surface area contributed by atoms with E-state index in [0.717, 1.165) is 50.5 Å². The number of likely N-dealkylation sites (N-methyl/N-ethyl adjacent to an activating group) is 1. The Kier molecular flexibility index (Phi) is 13.9. The van der Waals surface area contributed by atoms with Gasteiger partial charge in [0.2, 0.25) is 5.91 Å². The Morgan fingerprint density at radius 2 is 1.74 bits per heavy atom. The van der Waals surface area contributed by atoms with E-state index in [0.29, 0.717) is 43.1 Å². The highest BCUT2D eigenvalue weighted by Crippen LogP contribution is 2.29. The number of carbonyl (C=O) groups excluding carboxylic acids is 3. The van der Waals surface area contributed by atoms with Crippen molar-refractivity contribution < 1.29 is 29.0 Å². The monoisotopic (exact) mass is 650 g/mol. The molecule has 10 heteroatoms. The van der Waals surface area contributed by atoms with Crippen molar-refractivity contribution in [2.75, 3.05) is 38.7 Å². The molecule has 4 atom stereocenters. The first-order valence-electron chi connectivity index (χ1n) is 17.3. The first kappa shape index (κ1) is 36.2. The molecule has 4 amide bonds. The Bertz CT molecular complexity index is 1300. The van der Waals surface area contributed by atoms with Gasteiger partial charge < -0.3 is 35.0 Å². The number of ether oxygens (including phenoxy) is 2. The Labute approximate surface area is 280 Å². The molecule has 0 radical (unpaired) electrons. The Morgan fingerprint density at radius 1 is 1.02 bits per heavy atom. The summed E-state index contributed by atoms with van der Waals surface area (Å²) in [4.78, 5) is 43.7. The van der Waals surface area contributed by atoms with E-state index in [1.54, 1.807) is 35.0 Å². The van der Waals surface area contributed by atoms with Crippen molar-refractivity contribution in [3.05, 3.63) is 59.7 Å². The number of anilines is 1. The van der Waals surface area contributed by atoms with Gasteiger partial charge >= 0.3 is 6.03 Å². The van der Waals surface area contributed by atoms with E-state index >= 15 is 0 Å². The molecule has 0 aromatic heterocycles. The van der Waals surface area contributed by atoms with E-state index in [1.165, 1.54) is 6.42 Å². The molecule has 0 bridgehead atoms. The van der Waals surface area contributed by atoms with Crippen LogP contribution in [-0.2, 0) is 16.0 Å². The van der Waals surface area contributed by atoms with Crippen LogP contribution in [0, 0.1) is 5.92 Å². The van der Waals surface area contributed by atoms with E-state index in [9.17, 15) is 19.5 Å². The Hall–Kier alpha value is -3.63. The van der Waals surface area contributed by atoms with Crippen molar-refractivity contribution in [2.45, 2.75) is 103 Å². The van der Waals surface area contributed by atoms with E-state index in [4.69, 9.17) is 9.47 Å². The molecule has 2 aliphatic rings.